The smallest absolute Gasteiger partial charge is 0.161 e. The van der Waals surface area contributed by atoms with Crippen molar-refractivity contribution < 1.29 is 9.15 Å². The molecule has 0 fully saturated rings. The molecular formula is C45H34N4O2. The van der Waals surface area contributed by atoms with E-state index in [0.29, 0.717) is 12.6 Å². The Kier molecular flexibility index (Phi) is 6.64. The van der Waals surface area contributed by atoms with Crippen molar-refractivity contribution in [2.75, 3.05) is 16.5 Å². The summed E-state index contributed by atoms with van der Waals surface area (Å²) < 4.78 is 15.6. The van der Waals surface area contributed by atoms with Gasteiger partial charge in [0.2, 0.25) is 0 Å². The molecule has 1 aliphatic heterocycles. The molecule has 3 aromatic heterocycles. The number of hydrogen-bond acceptors (Lipinski definition) is 5. The number of para-hydroxylation sites is 3. The molecule has 6 heteroatoms. The summed E-state index contributed by atoms with van der Waals surface area (Å²) in [6, 6.07) is 50.7. The molecule has 10 rings (SSSR count). The van der Waals surface area contributed by atoms with E-state index in [9.17, 15) is 0 Å². The Morgan fingerprint density at radius 1 is 0.647 bits per heavy atom. The van der Waals surface area contributed by atoms with Crippen molar-refractivity contribution in [3.8, 4) is 17.3 Å². The number of hydrogen-bond donors (Lipinski definition) is 0. The maximum Gasteiger partial charge on any atom is 0.161 e. The highest BCUT2D eigenvalue weighted by molar-refractivity contribution is 6.24. The van der Waals surface area contributed by atoms with Crippen molar-refractivity contribution in [1.29, 1.82) is 0 Å². The molecule has 0 saturated carbocycles. The van der Waals surface area contributed by atoms with Gasteiger partial charge < -0.3 is 19.0 Å². The number of anilines is 4. The third-order valence-corrected chi connectivity index (χ3v) is 10.1. The molecule has 0 aliphatic carbocycles. The van der Waals surface area contributed by atoms with Crippen LogP contribution in [0.15, 0.2) is 156 Å². The molecule has 0 spiro atoms. The van der Waals surface area contributed by atoms with Gasteiger partial charge >= 0.3 is 0 Å². The summed E-state index contributed by atoms with van der Waals surface area (Å²) in [5, 5.41) is 4.42. The summed E-state index contributed by atoms with van der Waals surface area (Å²) in [6.45, 7) is 5.13. The van der Waals surface area contributed by atoms with E-state index in [1.54, 1.807) is 0 Å². The lowest BCUT2D eigenvalue weighted by Crippen LogP contribution is -2.23. The second-order valence-electron chi connectivity index (χ2n) is 13.5. The van der Waals surface area contributed by atoms with Crippen LogP contribution in [0.5, 0.6) is 11.5 Å². The van der Waals surface area contributed by atoms with Crippen LogP contribution in [0, 0.1) is 0 Å². The van der Waals surface area contributed by atoms with E-state index in [0.717, 1.165) is 72.7 Å². The number of nitrogens with zero attached hydrogens (tertiary/aromatic N) is 4. The second-order valence-corrected chi connectivity index (χ2v) is 13.5. The SMILES string of the molecule is CC(C)c1ccnc(-n2c3cc(Oc4cccc(N5CN(c6ccccc6)c6ccccc65)c4)ccc3c3oc4ccc5ccccc5c4c32)c1. The minimum absolute atomic E-state index is 0.361. The van der Waals surface area contributed by atoms with Crippen LogP contribution in [0.1, 0.15) is 25.3 Å². The third kappa shape index (κ3) is 4.75. The predicted molar refractivity (Wildman–Crippen MR) is 208 cm³/mol. The van der Waals surface area contributed by atoms with Crippen molar-refractivity contribution in [2.45, 2.75) is 19.8 Å². The number of rotatable bonds is 6. The fraction of sp³-hybridized carbons (Fsp3) is 0.0889. The van der Waals surface area contributed by atoms with E-state index in [1.165, 1.54) is 16.6 Å². The number of fused-ring (bicyclic) bond motifs is 8. The van der Waals surface area contributed by atoms with Crippen molar-refractivity contribution in [2.24, 2.45) is 0 Å². The van der Waals surface area contributed by atoms with Gasteiger partial charge in [-0.15, -0.1) is 0 Å². The van der Waals surface area contributed by atoms with Crippen LogP contribution in [0.3, 0.4) is 0 Å². The van der Waals surface area contributed by atoms with Crippen LogP contribution in [-0.2, 0) is 0 Å². The van der Waals surface area contributed by atoms with Crippen molar-refractivity contribution in [1.82, 2.24) is 9.55 Å². The minimum Gasteiger partial charge on any atom is -0.457 e. The Balaban J connectivity index is 1.09. The van der Waals surface area contributed by atoms with E-state index < -0.39 is 0 Å². The minimum atomic E-state index is 0.361. The topological polar surface area (TPSA) is 46.7 Å². The number of ether oxygens (including phenoxy) is 1. The highest BCUT2D eigenvalue weighted by Gasteiger charge is 2.28. The lowest BCUT2D eigenvalue weighted by molar-refractivity contribution is 0.483. The average Bonchev–Trinajstić information content (AvgIpc) is 3.84. The summed E-state index contributed by atoms with van der Waals surface area (Å²) in [7, 11) is 0. The molecule has 0 radical (unpaired) electrons. The molecule has 0 bridgehead atoms. The number of aromatic nitrogens is 2. The van der Waals surface area contributed by atoms with E-state index in [2.05, 4.69) is 162 Å². The number of benzene rings is 6. The molecule has 0 saturated heterocycles. The molecular weight excluding hydrogens is 629 g/mol. The van der Waals surface area contributed by atoms with E-state index in [1.807, 2.05) is 18.3 Å². The zero-order valence-electron chi connectivity index (χ0n) is 28.3. The highest BCUT2D eigenvalue weighted by Crippen LogP contribution is 2.46. The second kappa shape index (κ2) is 11.5. The molecule has 4 heterocycles. The molecule has 246 valence electrons. The first-order chi connectivity index (χ1) is 25.1. The summed E-state index contributed by atoms with van der Waals surface area (Å²) >= 11 is 0. The molecule has 6 nitrogen and oxygen atoms in total. The van der Waals surface area contributed by atoms with E-state index in [-0.39, 0.29) is 0 Å². The Morgan fingerprint density at radius 2 is 1.39 bits per heavy atom. The standard InChI is InChI=1S/C45H34N4O2/c1-29(2)31-23-24-46-42(25-31)49-40-27-35(20-21-37(40)45-44(49)43-36-16-7-6-11-30(36)19-22-41(43)51-45)50-34-15-10-14-33(26-34)48-28-47(32-12-4-3-5-13-32)38-17-8-9-18-39(38)48/h3-27,29H,28H2,1-2H3. The monoisotopic (exact) mass is 662 g/mol. The van der Waals surface area contributed by atoms with Crippen LogP contribution in [0.4, 0.5) is 22.7 Å². The van der Waals surface area contributed by atoms with Gasteiger partial charge in [-0.3, -0.25) is 4.57 Å². The molecule has 51 heavy (non-hydrogen) atoms. The number of pyridine rings is 1. The quantitative estimate of drug-likeness (QED) is 0.177. The summed E-state index contributed by atoms with van der Waals surface area (Å²) in [4.78, 5) is 9.59. The van der Waals surface area contributed by atoms with E-state index in [4.69, 9.17) is 14.1 Å². The maximum atomic E-state index is 6.66. The molecule has 6 aromatic carbocycles. The molecule has 0 unspecified atom stereocenters. The zero-order valence-corrected chi connectivity index (χ0v) is 28.3. The molecule has 0 atom stereocenters. The van der Waals surface area contributed by atoms with Gasteiger partial charge in [-0.05, 0) is 89.0 Å². The summed E-state index contributed by atoms with van der Waals surface area (Å²) in [5.74, 6) is 2.72. The van der Waals surface area contributed by atoms with Crippen molar-refractivity contribution >= 4 is 66.5 Å². The lowest BCUT2D eigenvalue weighted by Gasteiger charge is -2.22. The fourth-order valence-corrected chi connectivity index (χ4v) is 7.59. The van der Waals surface area contributed by atoms with Crippen LogP contribution >= 0.6 is 0 Å². The van der Waals surface area contributed by atoms with Gasteiger partial charge in [0.05, 0.1) is 22.3 Å². The Labute approximate surface area is 295 Å². The third-order valence-electron chi connectivity index (χ3n) is 10.1. The molecule has 9 aromatic rings. The summed E-state index contributed by atoms with van der Waals surface area (Å²) in [6.07, 6.45) is 1.91. The highest BCUT2D eigenvalue weighted by atomic mass is 16.5. The average molecular weight is 663 g/mol. The van der Waals surface area contributed by atoms with Gasteiger partial charge in [-0.1, -0.05) is 80.6 Å². The first-order valence-corrected chi connectivity index (χ1v) is 17.4. The van der Waals surface area contributed by atoms with Crippen molar-refractivity contribution in [3.05, 3.63) is 157 Å². The maximum absolute atomic E-state index is 6.66. The normalized spacial score (nSPS) is 12.9. The molecule has 1 aliphatic rings. The number of furan rings is 1. The summed E-state index contributed by atoms with van der Waals surface area (Å²) in [5.41, 5.74) is 9.50. The van der Waals surface area contributed by atoms with Gasteiger partial charge in [-0.25, -0.2) is 4.98 Å². The van der Waals surface area contributed by atoms with Crippen LogP contribution in [0.2, 0.25) is 0 Å². The lowest BCUT2D eigenvalue weighted by atomic mass is 10.0. The van der Waals surface area contributed by atoms with Gasteiger partial charge in [0.15, 0.2) is 5.58 Å². The van der Waals surface area contributed by atoms with E-state index >= 15 is 0 Å². The van der Waals surface area contributed by atoms with Gasteiger partial charge in [0.25, 0.3) is 0 Å². The van der Waals surface area contributed by atoms with Crippen LogP contribution < -0.4 is 14.5 Å². The van der Waals surface area contributed by atoms with Gasteiger partial charge in [0.1, 0.15) is 35.1 Å². The zero-order chi connectivity index (χ0) is 34.1. The first-order valence-electron chi connectivity index (χ1n) is 17.4. The van der Waals surface area contributed by atoms with Crippen molar-refractivity contribution in [3.63, 3.8) is 0 Å². The first kappa shape index (κ1) is 29.4. The Bertz CT molecular complexity index is 2760. The van der Waals surface area contributed by atoms with Crippen LogP contribution in [0.25, 0.3) is 49.6 Å². The Hall–Kier alpha value is -6.53. The Morgan fingerprint density at radius 3 is 2.24 bits per heavy atom. The molecule has 0 amide bonds. The predicted octanol–water partition coefficient (Wildman–Crippen LogP) is 12.2. The van der Waals surface area contributed by atoms with Gasteiger partial charge in [-0.2, -0.15) is 0 Å². The molecule has 0 N–H and O–H groups in total. The van der Waals surface area contributed by atoms with Crippen LogP contribution in [-0.4, -0.2) is 16.2 Å². The fourth-order valence-electron chi connectivity index (χ4n) is 7.59. The largest absolute Gasteiger partial charge is 0.457 e. The van der Waals surface area contributed by atoms with Gasteiger partial charge in [0, 0.05) is 35.1 Å².